The molecule has 6 heteroatoms. The van der Waals surface area contributed by atoms with Gasteiger partial charge in [0.25, 0.3) is 0 Å². The Morgan fingerprint density at radius 3 is 2.00 bits per heavy atom. The number of aliphatic hydroxyl groups is 1. The monoisotopic (exact) mass is 448 g/mol. The highest BCUT2D eigenvalue weighted by Crippen LogP contribution is 2.30. The van der Waals surface area contributed by atoms with Crippen LogP contribution in [0.15, 0.2) is 35.2 Å². The van der Waals surface area contributed by atoms with Crippen molar-refractivity contribution >= 4 is 15.6 Å². The summed E-state index contributed by atoms with van der Waals surface area (Å²) < 4.78 is 40.0. The molecule has 0 amide bonds. The maximum atomic E-state index is 14.1. The van der Waals surface area contributed by atoms with Gasteiger partial charge >= 0.3 is 0 Å². The lowest BCUT2D eigenvalue weighted by Gasteiger charge is -2.21. The van der Waals surface area contributed by atoms with Crippen molar-refractivity contribution in [1.82, 2.24) is 0 Å². The first-order chi connectivity index (χ1) is 14.1. The van der Waals surface area contributed by atoms with Crippen molar-refractivity contribution in [2.75, 3.05) is 5.75 Å². The van der Waals surface area contributed by atoms with Gasteiger partial charge in [-0.25, -0.2) is 12.8 Å². The summed E-state index contributed by atoms with van der Waals surface area (Å²) in [5, 5.41) is 10.3. The second-order valence-corrected chi connectivity index (χ2v) is 11.4. The molecule has 0 heterocycles. The Bertz CT molecular complexity index is 1050. The summed E-state index contributed by atoms with van der Waals surface area (Å²) in [6.45, 7) is 12.7. The Hall–Kier alpha value is -2.05. The van der Waals surface area contributed by atoms with E-state index in [-0.39, 0.29) is 29.0 Å². The van der Waals surface area contributed by atoms with Gasteiger partial charge in [-0.2, -0.15) is 0 Å². The quantitative estimate of drug-likeness (QED) is 0.603. The van der Waals surface area contributed by atoms with Crippen molar-refractivity contribution in [1.29, 1.82) is 0 Å². The van der Waals surface area contributed by atoms with Crippen LogP contribution in [-0.4, -0.2) is 25.1 Å². The van der Waals surface area contributed by atoms with Crippen molar-refractivity contribution in [3.63, 3.8) is 0 Å². The van der Waals surface area contributed by atoms with Crippen LogP contribution >= 0.6 is 0 Å². The van der Waals surface area contributed by atoms with Crippen molar-refractivity contribution < 1.29 is 22.7 Å². The van der Waals surface area contributed by atoms with Crippen LogP contribution in [0.4, 0.5) is 4.39 Å². The number of halogens is 1. The summed E-state index contributed by atoms with van der Waals surface area (Å²) in [7, 11) is -3.89. The van der Waals surface area contributed by atoms with Gasteiger partial charge in [-0.3, -0.25) is 4.79 Å². The van der Waals surface area contributed by atoms with E-state index in [1.54, 1.807) is 26.8 Å². The van der Waals surface area contributed by atoms with Crippen LogP contribution in [0.3, 0.4) is 0 Å². The standard InChI is InChI=1S/C25H33FO4S/c1-15(2)21-10-18(26)11-22(16(3)4)23(21)12-19(27)14-31(29,30)20-9-8-17(5)24(13-20)25(6,7)28/h8-11,13,15-16,28H,12,14H2,1-7H3. The average Bonchev–Trinajstić information content (AvgIpc) is 2.61. The van der Waals surface area contributed by atoms with E-state index in [0.29, 0.717) is 11.1 Å². The highest BCUT2D eigenvalue weighted by molar-refractivity contribution is 7.92. The lowest BCUT2D eigenvalue weighted by Crippen LogP contribution is -2.22. The molecule has 0 radical (unpaired) electrons. The van der Waals surface area contributed by atoms with Crippen LogP contribution in [0.25, 0.3) is 0 Å². The Kier molecular flexibility index (Phi) is 7.49. The van der Waals surface area contributed by atoms with Crippen LogP contribution in [0.5, 0.6) is 0 Å². The first-order valence-corrected chi connectivity index (χ1v) is 12.2. The normalized spacial score (nSPS) is 12.6. The summed E-state index contributed by atoms with van der Waals surface area (Å²) in [6, 6.07) is 7.41. The van der Waals surface area contributed by atoms with E-state index in [4.69, 9.17) is 0 Å². The highest BCUT2D eigenvalue weighted by Gasteiger charge is 2.26. The molecule has 0 bridgehead atoms. The van der Waals surface area contributed by atoms with Gasteiger partial charge in [0.15, 0.2) is 15.6 Å². The predicted molar refractivity (Wildman–Crippen MR) is 122 cm³/mol. The van der Waals surface area contributed by atoms with E-state index >= 15 is 0 Å². The van der Waals surface area contributed by atoms with Gasteiger partial charge in [-0.05, 0) is 84.7 Å². The van der Waals surface area contributed by atoms with Gasteiger partial charge in [0, 0.05) is 6.42 Å². The van der Waals surface area contributed by atoms with Crippen LogP contribution in [0.2, 0.25) is 0 Å². The zero-order valence-corrected chi connectivity index (χ0v) is 20.2. The molecule has 2 aromatic rings. The smallest absolute Gasteiger partial charge is 0.185 e. The summed E-state index contributed by atoms with van der Waals surface area (Å²) in [6.07, 6.45) is -0.0647. The topological polar surface area (TPSA) is 71.4 Å². The molecule has 0 fully saturated rings. The number of carbonyl (C=O) groups excluding carboxylic acids is 1. The van der Waals surface area contributed by atoms with E-state index in [9.17, 15) is 22.7 Å². The van der Waals surface area contributed by atoms with Gasteiger partial charge < -0.3 is 5.11 Å². The minimum atomic E-state index is -3.89. The van der Waals surface area contributed by atoms with Crippen molar-refractivity contribution in [2.45, 2.75) is 77.2 Å². The molecule has 0 spiro atoms. The second-order valence-electron chi connectivity index (χ2n) is 9.38. The third-order valence-corrected chi connectivity index (χ3v) is 7.15. The molecule has 4 nitrogen and oxygen atoms in total. The summed E-state index contributed by atoms with van der Waals surface area (Å²) in [5.41, 5.74) is 2.25. The first kappa shape index (κ1) is 25.2. The third-order valence-electron chi connectivity index (χ3n) is 5.48. The van der Waals surface area contributed by atoms with E-state index < -0.39 is 27.0 Å². The molecule has 170 valence electrons. The largest absolute Gasteiger partial charge is 0.386 e. The summed E-state index contributed by atoms with van der Waals surface area (Å²) in [5.74, 6) is -1.44. The Balaban J connectivity index is 2.39. The first-order valence-electron chi connectivity index (χ1n) is 10.5. The number of sulfone groups is 1. The molecule has 0 unspecified atom stereocenters. The van der Waals surface area contributed by atoms with Gasteiger partial charge in [-0.1, -0.05) is 33.8 Å². The molecule has 0 aliphatic heterocycles. The lowest BCUT2D eigenvalue weighted by molar-refractivity contribution is -0.116. The average molecular weight is 449 g/mol. The number of rotatable bonds is 8. The third kappa shape index (κ3) is 6.01. The molecule has 31 heavy (non-hydrogen) atoms. The van der Waals surface area contributed by atoms with Gasteiger partial charge in [-0.15, -0.1) is 0 Å². The molecule has 0 aromatic heterocycles. The van der Waals surface area contributed by atoms with Crippen LogP contribution in [-0.2, 0) is 26.7 Å². The van der Waals surface area contributed by atoms with Crippen LogP contribution in [0, 0.1) is 12.7 Å². The van der Waals surface area contributed by atoms with Gasteiger partial charge in [0.05, 0.1) is 10.5 Å². The minimum absolute atomic E-state index is 0.000880. The maximum absolute atomic E-state index is 14.1. The van der Waals surface area contributed by atoms with Crippen molar-refractivity contribution in [2.24, 2.45) is 0 Å². The Morgan fingerprint density at radius 2 is 1.55 bits per heavy atom. The second kappa shape index (κ2) is 9.21. The zero-order valence-electron chi connectivity index (χ0n) is 19.4. The molecule has 0 saturated heterocycles. The molecule has 0 saturated carbocycles. The zero-order chi connectivity index (χ0) is 23.7. The fraction of sp³-hybridized carbons (Fsp3) is 0.480. The number of hydrogen-bond acceptors (Lipinski definition) is 4. The SMILES string of the molecule is Cc1ccc(S(=O)(=O)CC(=O)Cc2c(C(C)C)cc(F)cc2C(C)C)cc1C(C)(C)O. The van der Waals surface area contributed by atoms with Crippen molar-refractivity contribution in [3.05, 3.63) is 64.0 Å². The van der Waals surface area contributed by atoms with Crippen molar-refractivity contribution in [3.8, 4) is 0 Å². The Morgan fingerprint density at radius 1 is 1.03 bits per heavy atom. The predicted octanol–water partition coefficient (Wildman–Crippen LogP) is 5.19. The molecule has 0 aliphatic rings. The summed E-state index contributed by atoms with van der Waals surface area (Å²) in [4.78, 5) is 12.9. The molecule has 0 atom stereocenters. The Labute approximate surface area is 185 Å². The number of Topliss-reactive ketones (excluding diaryl/α,β-unsaturated/α-hetero) is 1. The minimum Gasteiger partial charge on any atom is -0.386 e. The highest BCUT2D eigenvalue weighted by atomic mass is 32.2. The molecule has 1 N–H and O–H groups in total. The number of benzene rings is 2. The van der Waals surface area contributed by atoms with Crippen LogP contribution in [0.1, 0.15) is 81.2 Å². The molecule has 2 aromatic carbocycles. The number of hydrogen-bond donors (Lipinski definition) is 1. The van der Waals surface area contributed by atoms with Gasteiger partial charge in [0.1, 0.15) is 11.6 Å². The number of ketones is 1. The fourth-order valence-corrected chi connectivity index (χ4v) is 5.18. The van der Waals surface area contributed by atoms with E-state index in [1.807, 2.05) is 27.7 Å². The van der Waals surface area contributed by atoms with E-state index in [1.165, 1.54) is 24.3 Å². The number of aryl methyl sites for hydroxylation is 1. The van der Waals surface area contributed by atoms with E-state index in [0.717, 1.165) is 16.7 Å². The lowest BCUT2D eigenvalue weighted by atomic mass is 9.86. The maximum Gasteiger partial charge on any atom is 0.185 e. The summed E-state index contributed by atoms with van der Waals surface area (Å²) >= 11 is 0. The molecule has 0 aliphatic carbocycles. The van der Waals surface area contributed by atoms with Crippen LogP contribution < -0.4 is 0 Å². The van der Waals surface area contributed by atoms with E-state index in [2.05, 4.69) is 0 Å². The molecule has 2 rings (SSSR count). The molecular formula is C25H33FO4S. The molecular weight excluding hydrogens is 415 g/mol. The van der Waals surface area contributed by atoms with Gasteiger partial charge in [0.2, 0.25) is 0 Å². The fourth-order valence-electron chi connectivity index (χ4n) is 3.91. The number of carbonyl (C=O) groups is 1.